The van der Waals surface area contributed by atoms with E-state index in [-0.39, 0.29) is 11.7 Å². The van der Waals surface area contributed by atoms with Crippen LogP contribution in [0.5, 0.6) is 0 Å². The lowest BCUT2D eigenvalue weighted by Crippen LogP contribution is -2.33. The molecule has 1 amide bonds. The van der Waals surface area contributed by atoms with Gasteiger partial charge in [0.2, 0.25) is 0 Å². The van der Waals surface area contributed by atoms with Crippen molar-refractivity contribution in [2.24, 2.45) is 0 Å². The molecule has 1 aliphatic rings. The predicted octanol–water partition coefficient (Wildman–Crippen LogP) is 5.76. The summed E-state index contributed by atoms with van der Waals surface area (Å²) in [6, 6.07) is 15.9. The van der Waals surface area contributed by atoms with Crippen molar-refractivity contribution in [3.8, 4) is 11.3 Å². The Morgan fingerprint density at radius 3 is 2.54 bits per heavy atom. The van der Waals surface area contributed by atoms with Crippen molar-refractivity contribution in [2.45, 2.75) is 33.2 Å². The summed E-state index contributed by atoms with van der Waals surface area (Å²) in [7, 11) is 0. The van der Waals surface area contributed by atoms with Gasteiger partial charge in [-0.2, -0.15) is 9.61 Å². The van der Waals surface area contributed by atoms with Gasteiger partial charge in [0.1, 0.15) is 11.6 Å². The van der Waals surface area contributed by atoms with Crippen LogP contribution in [-0.4, -0.2) is 51.6 Å². The Labute approximate surface area is 225 Å². The summed E-state index contributed by atoms with van der Waals surface area (Å²) in [4.78, 5) is 19.4. The third-order valence-corrected chi connectivity index (χ3v) is 6.74. The minimum absolute atomic E-state index is 0.0598. The van der Waals surface area contributed by atoms with Crippen LogP contribution in [0.25, 0.3) is 16.9 Å². The normalized spacial score (nSPS) is 13.3. The van der Waals surface area contributed by atoms with Crippen LogP contribution in [0, 0.1) is 5.82 Å². The standard InChI is InChI=1S/C26H26BrFN6O.C2H6/c27-21-17-31-34-24(15-23(32-25(21)34)20-5-1-2-6-22(20)28)30-16-18-7-9-19(10-8-18)26(35)29-11-14-33-12-3-4-13-33;1-2/h1-2,5-10,15,17,30H,3-4,11-14,16H2,(H,29,35);1-2H3. The molecule has 194 valence electrons. The number of amides is 1. The Kier molecular flexibility index (Phi) is 9.24. The molecular formula is C28H32BrFN6O. The van der Waals surface area contributed by atoms with Gasteiger partial charge < -0.3 is 15.5 Å². The van der Waals surface area contributed by atoms with E-state index in [1.807, 2.05) is 38.1 Å². The number of likely N-dealkylation sites (tertiary alicyclic amines) is 1. The van der Waals surface area contributed by atoms with Gasteiger partial charge in [-0.1, -0.05) is 38.1 Å². The lowest BCUT2D eigenvalue weighted by atomic mass is 10.1. The van der Waals surface area contributed by atoms with E-state index in [1.54, 1.807) is 35.0 Å². The largest absolute Gasteiger partial charge is 0.366 e. The summed E-state index contributed by atoms with van der Waals surface area (Å²) in [6.07, 6.45) is 4.16. The topological polar surface area (TPSA) is 74.6 Å². The van der Waals surface area contributed by atoms with E-state index in [1.165, 1.54) is 18.9 Å². The molecule has 2 N–H and O–H groups in total. The minimum atomic E-state index is -0.333. The first-order valence-electron chi connectivity index (χ1n) is 12.7. The number of hydrogen-bond donors (Lipinski definition) is 2. The SMILES string of the molecule is CC.O=C(NCCN1CCCC1)c1ccc(CNc2cc(-c3ccccc3F)nc3c(Br)cnn23)cc1. The van der Waals surface area contributed by atoms with Crippen molar-refractivity contribution < 1.29 is 9.18 Å². The first-order valence-corrected chi connectivity index (χ1v) is 13.5. The number of halogens is 2. The molecule has 0 spiro atoms. The fraction of sp³-hybridized carbons (Fsp3) is 0.321. The number of nitrogens with one attached hydrogen (secondary N) is 2. The number of benzene rings is 2. The maximum absolute atomic E-state index is 14.4. The fourth-order valence-electron chi connectivity index (χ4n) is 4.27. The Bertz CT molecular complexity index is 1330. The van der Waals surface area contributed by atoms with Crippen molar-refractivity contribution in [2.75, 3.05) is 31.5 Å². The van der Waals surface area contributed by atoms with Crippen LogP contribution in [-0.2, 0) is 6.54 Å². The van der Waals surface area contributed by atoms with Crippen LogP contribution in [0.4, 0.5) is 10.2 Å². The van der Waals surface area contributed by atoms with Crippen molar-refractivity contribution >= 4 is 33.3 Å². The van der Waals surface area contributed by atoms with Gasteiger partial charge in [0.15, 0.2) is 5.65 Å². The lowest BCUT2D eigenvalue weighted by Gasteiger charge is -2.15. The second-order valence-corrected chi connectivity index (χ2v) is 9.44. The van der Waals surface area contributed by atoms with E-state index in [0.717, 1.165) is 29.7 Å². The van der Waals surface area contributed by atoms with E-state index in [0.29, 0.717) is 41.4 Å². The monoisotopic (exact) mass is 566 g/mol. The van der Waals surface area contributed by atoms with E-state index < -0.39 is 0 Å². The molecule has 7 nitrogen and oxygen atoms in total. The molecule has 3 heterocycles. The summed E-state index contributed by atoms with van der Waals surface area (Å²) in [6.45, 7) is 8.30. The van der Waals surface area contributed by atoms with Crippen molar-refractivity contribution in [1.82, 2.24) is 24.8 Å². The summed E-state index contributed by atoms with van der Waals surface area (Å²) in [5.74, 6) is 0.290. The van der Waals surface area contributed by atoms with Gasteiger partial charge in [-0.25, -0.2) is 9.37 Å². The lowest BCUT2D eigenvalue weighted by molar-refractivity contribution is 0.0949. The zero-order valence-corrected chi connectivity index (χ0v) is 22.8. The number of nitrogens with zero attached hydrogens (tertiary/aromatic N) is 4. The van der Waals surface area contributed by atoms with Gasteiger partial charge >= 0.3 is 0 Å². The number of rotatable bonds is 8. The minimum Gasteiger partial charge on any atom is -0.366 e. The molecule has 0 aliphatic carbocycles. The van der Waals surface area contributed by atoms with Crippen molar-refractivity contribution in [3.63, 3.8) is 0 Å². The van der Waals surface area contributed by atoms with Gasteiger partial charge in [-0.05, 0) is 71.7 Å². The smallest absolute Gasteiger partial charge is 0.251 e. The van der Waals surface area contributed by atoms with E-state index in [9.17, 15) is 9.18 Å². The molecule has 0 bridgehead atoms. The fourth-order valence-corrected chi connectivity index (χ4v) is 4.62. The molecule has 0 saturated carbocycles. The zero-order valence-electron chi connectivity index (χ0n) is 21.2. The molecule has 1 aliphatic heterocycles. The molecule has 1 fully saturated rings. The van der Waals surface area contributed by atoms with Gasteiger partial charge in [0.05, 0.1) is 16.4 Å². The molecule has 0 radical (unpaired) electrons. The molecule has 0 atom stereocenters. The average Bonchev–Trinajstić information content (AvgIpc) is 3.59. The van der Waals surface area contributed by atoms with Gasteiger partial charge in [-0.15, -0.1) is 0 Å². The second-order valence-electron chi connectivity index (χ2n) is 8.59. The van der Waals surface area contributed by atoms with Crippen LogP contribution in [0.2, 0.25) is 0 Å². The van der Waals surface area contributed by atoms with Crippen molar-refractivity contribution in [1.29, 1.82) is 0 Å². The number of aromatic nitrogens is 3. The van der Waals surface area contributed by atoms with Crippen LogP contribution in [0.15, 0.2) is 65.3 Å². The third-order valence-electron chi connectivity index (χ3n) is 6.18. The summed E-state index contributed by atoms with van der Waals surface area (Å²) in [5.41, 5.74) is 3.17. The van der Waals surface area contributed by atoms with Gasteiger partial charge in [-0.3, -0.25) is 4.79 Å². The van der Waals surface area contributed by atoms with E-state index in [2.05, 4.69) is 41.5 Å². The average molecular weight is 568 g/mol. The van der Waals surface area contributed by atoms with Crippen LogP contribution in [0.1, 0.15) is 42.6 Å². The number of hydrogen-bond acceptors (Lipinski definition) is 5. The number of carbonyl (C=O) groups is 1. The van der Waals surface area contributed by atoms with Crippen LogP contribution in [0.3, 0.4) is 0 Å². The predicted molar refractivity (Wildman–Crippen MR) is 149 cm³/mol. The first kappa shape index (κ1) is 26.8. The maximum Gasteiger partial charge on any atom is 0.251 e. The number of fused-ring (bicyclic) bond motifs is 1. The Hall–Kier alpha value is -3.30. The molecule has 0 unspecified atom stereocenters. The highest BCUT2D eigenvalue weighted by atomic mass is 79.9. The number of carbonyl (C=O) groups excluding carboxylic acids is 1. The van der Waals surface area contributed by atoms with E-state index in [4.69, 9.17) is 0 Å². The van der Waals surface area contributed by atoms with Gasteiger partial charge in [0, 0.05) is 36.8 Å². The summed E-state index contributed by atoms with van der Waals surface area (Å²) < 4.78 is 16.8. The molecule has 2 aromatic heterocycles. The highest BCUT2D eigenvalue weighted by molar-refractivity contribution is 9.10. The highest BCUT2D eigenvalue weighted by Crippen LogP contribution is 2.27. The Balaban J connectivity index is 0.00000156. The summed E-state index contributed by atoms with van der Waals surface area (Å²) >= 11 is 3.47. The highest BCUT2D eigenvalue weighted by Gasteiger charge is 2.14. The first-order chi connectivity index (χ1) is 18.1. The van der Waals surface area contributed by atoms with Gasteiger partial charge in [0.25, 0.3) is 5.91 Å². The quantitative estimate of drug-likeness (QED) is 0.283. The molecule has 37 heavy (non-hydrogen) atoms. The molecule has 9 heteroatoms. The third kappa shape index (κ3) is 6.53. The number of anilines is 1. The Morgan fingerprint density at radius 1 is 1.08 bits per heavy atom. The molecular weight excluding hydrogens is 535 g/mol. The Morgan fingerprint density at radius 2 is 1.81 bits per heavy atom. The van der Waals surface area contributed by atoms with Crippen LogP contribution < -0.4 is 10.6 Å². The second kappa shape index (κ2) is 12.8. The van der Waals surface area contributed by atoms with E-state index >= 15 is 0 Å². The van der Waals surface area contributed by atoms with Crippen LogP contribution >= 0.6 is 15.9 Å². The molecule has 1 saturated heterocycles. The van der Waals surface area contributed by atoms with Crippen molar-refractivity contribution in [3.05, 3.63) is 82.2 Å². The zero-order chi connectivity index (χ0) is 26.2. The molecule has 2 aromatic carbocycles. The maximum atomic E-state index is 14.4. The summed E-state index contributed by atoms with van der Waals surface area (Å²) in [5, 5.41) is 10.8. The molecule has 4 aromatic rings. The molecule has 5 rings (SSSR count).